The number of carbonyl (C=O) groups is 1. The van der Waals surface area contributed by atoms with Crippen molar-refractivity contribution in [3.63, 3.8) is 0 Å². The standard InChI is InChI=1S/C17H20N6O4S/c1-3-8-28(19,26)16-21-13(18)12-14(22-16)23(17(25)20-12)9-10-4-6-11(7-5-10)15(24)27-2/h4-7,19H,3,8-9H2,1-2H3,(H,20,25)(H2,18,21,22). The highest BCUT2D eigenvalue weighted by Gasteiger charge is 2.19. The molecule has 0 aliphatic carbocycles. The van der Waals surface area contributed by atoms with E-state index in [1.54, 1.807) is 31.2 Å². The van der Waals surface area contributed by atoms with Crippen molar-refractivity contribution in [1.82, 2.24) is 19.5 Å². The van der Waals surface area contributed by atoms with Gasteiger partial charge in [0.15, 0.2) is 11.5 Å². The van der Waals surface area contributed by atoms with Crippen LogP contribution in [0, 0.1) is 4.78 Å². The Kier molecular flexibility index (Phi) is 5.18. The third-order valence-corrected chi connectivity index (χ3v) is 5.89. The third kappa shape index (κ3) is 3.60. The van der Waals surface area contributed by atoms with Crippen LogP contribution < -0.4 is 11.4 Å². The summed E-state index contributed by atoms with van der Waals surface area (Å²) in [6, 6.07) is 6.56. The number of H-pyrrole nitrogens is 1. The lowest BCUT2D eigenvalue weighted by Crippen LogP contribution is -2.18. The number of hydrogen-bond donors (Lipinski definition) is 3. The van der Waals surface area contributed by atoms with Crippen LogP contribution in [0.4, 0.5) is 5.82 Å². The molecule has 10 nitrogen and oxygen atoms in total. The molecule has 1 unspecified atom stereocenters. The Morgan fingerprint density at radius 3 is 2.61 bits per heavy atom. The highest BCUT2D eigenvalue weighted by atomic mass is 32.2. The number of hydrogen-bond acceptors (Lipinski definition) is 8. The summed E-state index contributed by atoms with van der Waals surface area (Å²) in [5, 5.41) is -0.187. The van der Waals surface area contributed by atoms with Gasteiger partial charge in [-0.15, -0.1) is 0 Å². The summed E-state index contributed by atoms with van der Waals surface area (Å²) < 4.78 is 26.5. The third-order valence-electron chi connectivity index (χ3n) is 4.13. The number of rotatable bonds is 6. The van der Waals surface area contributed by atoms with Crippen LogP contribution in [-0.2, 0) is 21.0 Å². The first-order valence-corrected chi connectivity index (χ1v) is 10.2. The van der Waals surface area contributed by atoms with Crippen molar-refractivity contribution >= 4 is 32.7 Å². The first-order chi connectivity index (χ1) is 13.3. The van der Waals surface area contributed by atoms with E-state index in [4.69, 9.17) is 10.5 Å². The average Bonchev–Trinajstić information content (AvgIpc) is 2.98. The predicted octanol–water partition coefficient (Wildman–Crippen LogP) is 1.35. The number of nitrogens with two attached hydrogens (primary N) is 1. The number of nitrogen functional groups attached to an aromatic ring is 1. The topological polar surface area (TPSA) is 157 Å². The Balaban J connectivity index is 2.06. The number of aromatic amines is 1. The normalized spacial score (nSPS) is 13.4. The van der Waals surface area contributed by atoms with E-state index in [1.165, 1.54) is 11.7 Å². The number of nitrogens with one attached hydrogen (secondary N) is 2. The van der Waals surface area contributed by atoms with Crippen molar-refractivity contribution in [2.75, 3.05) is 18.6 Å². The summed E-state index contributed by atoms with van der Waals surface area (Å²) in [5.41, 5.74) is 6.97. The second-order valence-corrected chi connectivity index (χ2v) is 8.30. The summed E-state index contributed by atoms with van der Waals surface area (Å²) in [5.74, 6) is -0.392. The van der Waals surface area contributed by atoms with E-state index in [-0.39, 0.29) is 34.4 Å². The maximum Gasteiger partial charge on any atom is 0.337 e. The fraction of sp³-hybridized carbons (Fsp3) is 0.294. The predicted molar refractivity (Wildman–Crippen MR) is 104 cm³/mol. The van der Waals surface area contributed by atoms with Crippen LogP contribution in [0.15, 0.2) is 34.2 Å². The molecule has 2 aromatic heterocycles. The number of esters is 1. The Bertz CT molecular complexity index is 1190. The van der Waals surface area contributed by atoms with Crippen molar-refractivity contribution in [2.24, 2.45) is 0 Å². The Hall–Kier alpha value is -3.21. The zero-order valence-electron chi connectivity index (χ0n) is 15.4. The van der Waals surface area contributed by atoms with Crippen LogP contribution in [0.2, 0.25) is 0 Å². The van der Waals surface area contributed by atoms with E-state index in [0.717, 1.165) is 5.56 Å². The maximum absolute atomic E-state index is 12.5. The van der Waals surface area contributed by atoms with Gasteiger partial charge < -0.3 is 15.5 Å². The molecule has 0 aliphatic heterocycles. The van der Waals surface area contributed by atoms with E-state index in [9.17, 15) is 13.8 Å². The van der Waals surface area contributed by atoms with Gasteiger partial charge in [-0.3, -0.25) is 4.57 Å². The van der Waals surface area contributed by atoms with Crippen molar-refractivity contribution < 1.29 is 13.7 Å². The monoisotopic (exact) mass is 404 g/mol. The minimum atomic E-state index is -3.21. The lowest BCUT2D eigenvalue weighted by Gasteiger charge is -2.08. The largest absolute Gasteiger partial charge is 0.465 e. The lowest BCUT2D eigenvalue weighted by atomic mass is 10.1. The highest BCUT2D eigenvalue weighted by Crippen LogP contribution is 2.19. The van der Waals surface area contributed by atoms with Gasteiger partial charge in [-0.05, 0) is 24.1 Å². The van der Waals surface area contributed by atoms with E-state index in [0.29, 0.717) is 12.0 Å². The van der Waals surface area contributed by atoms with Crippen LogP contribution in [0.5, 0.6) is 0 Å². The lowest BCUT2D eigenvalue weighted by molar-refractivity contribution is 0.0600. The molecule has 0 spiro atoms. The molecule has 0 saturated heterocycles. The van der Waals surface area contributed by atoms with Gasteiger partial charge in [0.2, 0.25) is 5.16 Å². The fourth-order valence-corrected chi connectivity index (χ4v) is 3.99. The van der Waals surface area contributed by atoms with Crippen molar-refractivity contribution in [1.29, 1.82) is 4.78 Å². The van der Waals surface area contributed by atoms with E-state index in [1.807, 2.05) is 0 Å². The molecule has 0 aliphatic rings. The van der Waals surface area contributed by atoms with E-state index < -0.39 is 21.4 Å². The number of fused-ring (bicyclic) bond motifs is 1. The molecule has 0 bridgehead atoms. The van der Waals surface area contributed by atoms with Gasteiger partial charge in [0.1, 0.15) is 15.2 Å². The Morgan fingerprint density at radius 2 is 2.00 bits per heavy atom. The summed E-state index contributed by atoms with van der Waals surface area (Å²) in [7, 11) is -1.91. The second kappa shape index (κ2) is 7.43. The molecule has 0 amide bonds. The number of nitrogens with zero attached hydrogens (tertiary/aromatic N) is 3. The minimum Gasteiger partial charge on any atom is -0.465 e. The summed E-state index contributed by atoms with van der Waals surface area (Å²) in [4.78, 5) is 34.7. The van der Waals surface area contributed by atoms with Crippen molar-refractivity contribution in [3.05, 3.63) is 45.9 Å². The molecule has 148 valence electrons. The average molecular weight is 404 g/mol. The second-order valence-electron chi connectivity index (χ2n) is 6.17. The zero-order valence-corrected chi connectivity index (χ0v) is 16.2. The number of ether oxygens (including phenoxy) is 1. The molecule has 11 heteroatoms. The number of benzene rings is 1. The number of aromatic nitrogens is 4. The van der Waals surface area contributed by atoms with Crippen LogP contribution in [-0.4, -0.2) is 42.6 Å². The molecule has 1 atom stereocenters. The first kappa shape index (κ1) is 19.5. The van der Waals surface area contributed by atoms with E-state index >= 15 is 0 Å². The molecule has 0 saturated carbocycles. The Labute approximate surface area is 160 Å². The minimum absolute atomic E-state index is 0.0343. The van der Waals surface area contributed by atoms with Gasteiger partial charge in [-0.25, -0.2) is 23.6 Å². The molecule has 2 heterocycles. The highest BCUT2D eigenvalue weighted by molar-refractivity contribution is 7.92. The van der Waals surface area contributed by atoms with Gasteiger partial charge >= 0.3 is 11.7 Å². The molecule has 28 heavy (non-hydrogen) atoms. The van der Waals surface area contributed by atoms with Gasteiger partial charge in [0, 0.05) is 5.75 Å². The number of anilines is 1. The van der Waals surface area contributed by atoms with Crippen molar-refractivity contribution in [3.8, 4) is 0 Å². The summed E-state index contributed by atoms with van der Waals surface area (Å²) in [6.45, 7) is 1.95. The number of imidazole rings is 1. The first-order valence-electron chi connectivity index (χ1n) is 8.46. The van der Waals surface area contributed by atoms with Gasteiger partial charge in [-0.2, -0.15) is 4.98 Å². The molecular weight excluding hydrogens is 384 g/mol. The quantitative estimate of drug-likeness (QED) is 0.413. The molecule has 4 N–H and O–H groups in total. The zero-order chi connectivity index (χ0) is 20.5. The number of carbonyl (C=O) groups excluding carboxylic acids is 1. The summed E-state index contributed by atoms with van der Waals surface area (Å²) >= 11 is 0. The molecule has 3 aromatic rings. The van der Waals surface area contributed by atoms with Gasteiger partial charge in [0.25, 0.3) is 0 Å². The molecule has 0 radical (unpaired) electrons. The fourth-order valence-electron chi connectivity index (χ4n) is 2.75. The van der Waals surface area contributed by atoms with E-state index in [2.05, 4.69) is 19.7 Å². The van der Waals surface area contributed by atoms with Crippen LogP contribution in [0.25, 0.3) is 11.2 Å². The SMILES string of the molecule is CCCS(=N)(=O)c1nc(N)c2[nH]c(=O)n(Cc3ccc(C(=O)OC)cc3)c2n1. The van der Waals surface area contributed by atoms with Gasteiger partial charge in [-0.1, -0.05) is 19.1 Å². The maximum atomic E-state index is 12.5. The molecule has 1 aromatic carbocycles. The van der Waals surface area contributed by atoms with Crippen molar-refractivity contribution in [2.45, 2.75) is 25.0 Å². The molecule has 3 rings (SSSR count). The van der Waals surface area contributed by atoms with Crippen LogP contribution in [0.3, 0.4) is 0 Å². The van der Waals surface area contributed by atoms with Crippen LogP contribution in [0.1, 0.15) is 29.3 Å². The van der Waals surface area contributed by atoms with Gasteiger partial charge in [0.05, 0.1) is 19.2 Å². The molecular formula is C17H20N6O4S. The smallest absolute Gasteiger partial charge is 0.337 e. The molecule has 0 fully saturated rings. The Morgan fingerprint density at radius 1 is 1.32 bits per heavy atom. The van der Waals surface area contributed by atoms with Crippen LogP contribution >= 0.6 is 0 Å². The summed E-state index contributed by atoms with van der Waals surface area (Å²) in [6.07, 6.45) is 0.524. The number of methoxy groups -OCH3 is 1.